The van der Waals surface area contributed by atoms with Gasteiger partial charge in [-0.3, -0.25) is 0 Å². The Balaban J connectivity index is 2.29. The Morgan fingerprint density at radius 1 is 1.38 bits per heavy atom. The molecular weight excluding hydrogens is 224 g/mol. The molecule has 0 radical (unpaired) electrons. The summed E-state index contributed by atoms with van der Waals surface area (Å²) >= 11 is 1.83. The van der Waals surface area contributed by atoms with Crippen molar-refractivity contribution in [1.29, 1.82) is 0 Å². The van der Waals surface area contributed by atoms with Crippen LogP contribution in [0.2, 0.25) is 0 Å². The van der Waals surface area contributed by atoms with E-state index in [1.165, 1.54) is 0 Å². The molecule has 0 saturated heterocycles. The second-order valence-electron chi connectivity index (χ2n) is 3.40. The highest BCUT2D eigenvalue weighted by molar-refractivity contribution is 7.98. The zero-order valence-corrected chi connectivity index (χ0v) is 10.1. The molecule has 88 valence electrons. The minimum Gasteiger partial charge on any atom is -0.478 e. The van der Waals surface area contributed by atoms with Crippen molar-refractivity contribution in [3.8, 4) is 0 Å². The van der Waals surface area contributed by atoms with Crippen LogP contribution >= 0.6 is 11.8 Å². The highest BCUT2D eigenvalue weighted by atomic mass is 32.2. The number of benzene rings is 1. The van der Waals surface area contributed by atoms with Gasteiger partial charge in [0.2, 0.25) is 0 Å². The predicted octanol–water partition coefficient (Wildman–Crippen LogP) is 2.65. The van der Waals surface area contributed by atoms with Crippen molar-refractivity contribution in [1.82, 2.24) is 0 Å². The van der Waals surface area contributed by atoms with E-state index in [9.17, 15) is 4.79 Å². The molecule has 0 amide bonds. The molecule has 0 aliphatic carbocycles. The lowest BCUT2D eigenvalue weighted by Gasteiger charge is -2.02. The fourth-order valence-electron chi connectivity index (χ4n) is 1.24. The van der Waals surface area contributed by atoms with E-state index in [1.807, 2.05) is 23.9 Å². The second kappa shape index (κ2) is 7.30. The summed E-state index contributed by atoms with van der Waals surface area (Å²) in [7, 11) is 1.70. The molecule has 0 aliphatic rings. The third kappa shape index (κ3) is 4.68. The van der Waals surface area contributed by atoms with Crippen LogP contribution in [-0.2, 0) is 10.5 Å². The average molecular weight is 240 g/mol. The molecule has 0 aromatic heterocycles. The molecule has 1 aromatic carbocycles. The minimum absolute atomic E-state index is 0.341. The zero-order chi connectivity index (χ0) is 11.8. The lowest BCUT2D eigenvalue weighted by Crippen LogP contribution is -1.96. The van der Waals surface area contributed by atoms with Crippen LogP contribution in [0.25, 0.3) is 0 Å². The lowest BCUT2D eigenvalue weighted by molar-refractivity contribution is 0.0697. The van der Waals surface area contributed by atoms with Crippen molar-refractivity contribution >= 4 is 17.7 Å². The van der Waals surface area contributed by atoms with Crippen LogP contribution in [0.15, 0.2) is 24.3 Å². The van der Waals surface area contributed by atoms with Gasteiger partial charge in [0, 0.05) is 19.5 Å². The van der Waals surface area contributed by atoms with Crippen molar-refractivity contribution in [3.05, 3.63) is 35.4 Å². The Hall–Kier alpha value is -1.00. The van der Waals surface area contributed by atoms with Crippen molar-refractivity contribution < 1.29 is 14.6 Å². The number of hydrogen-bond donors (Lipinski definition) is 1. The molecule has 0 fully saturated rings. The molecular formula is C12H16O3S. The van der Waals surface area contributed by atoms with E-state index in [0.29, 0.717) is 5.56 Å². The average Bonchev–Trinajstić information content (AvgIpc) is 2.29. The largest absolute Gasteiger partial charge is 0.478 e. The first kappa shape index (κ1) is 13.1. The number of carboxylic acids is 1. The Morgan fingerprint density at radius 2 is 2.06 bits per heavy atom. The van der Waals surface area contributed by atoms with Crippen LogP contribution in [-0.4, -0.2) is 30.5 Å². The van der Waals surface area contributed by atoms with Gasteiger partial charge in [-0.15, -0.1) is 0 Å². The molecule has 0 heterocycles. The maximum Gasteiger partial charge on any atom is 0.335 e. The molecule has 0 bridgehead atoms. The molecule has 0 spiro atoms. The summed E-state index contributed by atoms with van der Waals surface area (Å²) in [6.07, 6.45) is 1.05. The number of aromatic carboxylic acids is 1. The van der Waals surface area contributed by atoms with Gasteiger partial charge >= 0.3 is 5.97 Å². The molecule has 1 aromatic rings. The first-order valence-electron chi connectivity index (χ1n) is 5.13. The second-order valence-corrected chi connectivity index (χ2v) is 4.51. The first-order valence-corrected chi connectivity index (χ1v) is 6.28. The normalized spacial score (nSPS) is 10.3. The van der Waals surface area contributed by atoms with E-state index in [4.69, 9.17) is 9.84 Å². The topological polar surface area (TPSA) is 46.5 Å². The fraction of sp³-hybridized carbons (Fsp3) is 0.417. The molecule has 1 rings (SSSR count). The van der Waals surface area contributed by atoms with Crippen LogP contribution in [0, 0.1) is 0 Å². The number of carboxylic acid groups (broad SMARTS) is 1. The monoisotopic (exact) mass is 240 g/mol. The molecule has 0 aliphatic heterocycles. The van der Waals surface area contributed by atoms with Crippen molar-refractivity contribution in [2.45, 2.75) is 12.2 Å². The van der Waals surface area contributed by atoms with Crippen LogP contribution in [0.5, 0.6) is 0 Å². The number of rotatable bonds is 7. The van der Waals surface area contributed by atoms with Gasteiger partial charge in [-0.25, -0.2) is 4.79 Å². The van der Waals surface area contributed by atoms with Crippen molar-refractivity contribution in [2.24, 2.45) is 0 Å². The van der Waals surface area contributed by atoms with Crippen molar-refractivity contribution in [2.75, 3.05) is 19.5 Å². The van der Waals surface area contributed by atoms with Gasteiger partial charge in [-0.2, -0.15) is 11.8 Å². The number of carbonyl (C=O) groups is 1. The standard InChI is InChI=1S/C12H16O3S/c1-15-7-2-8-16-9-10-3-5-11(6-4-10)12(13)14/h3-6H,2,7-9H2,1H3,(H,13,14). The van der Waals surface area contributed by atoms with Gasteiger partial charge in [0.15, 0.2) is 0 Å². The van der Waals surface area contributed by atoms with E-state index in [-0.39, 0.29) is 0 Å². The van der Waals surface area contributed by atoms with Crippen LogP contribution in [0.3, 0.4) is 0 Å². The number of thioether (sulfide) groups is 1. The van der Waals surface area contributed by atoms with E-state index in [2.05, 4.69) is 0 Å². The summed E-state index contributed by atoms with van der Waals surface area (Å²) in [6, 6.07) is 7.03. The van der Waals surface area contributed by atoms with Gasteiger partial charge in [0.05, 0.1) is 5.56 Å². The molecule has 1 N–H and O–H groups in total. The summed E-state index contributed by atoms with van der Waals surface area (Å²) in [6.45, 7) is 0.797. The van der Waals surface area contributed by atoms with E-state index < -0.39 is 5.97 Å². The van der Waals surface area contributed by atoms with Crippen LogP contribution in [0.1, 0.15) is 22.3 Å². The molecule has 4 heteroatoms. The van der Waals surface area contributed by atoms with E-state index in [0.717, 1.165) is 30.1 Å². The smallest absolute Gasteiger partial charge is 0.335 e. The highest BCUT2D eigenvalue weighted by Gasteiger charge is 2.01. The zero-order valence-electron chi connectivity index (χ0n) is 9.31. The predicted molar refractivity (Wildman–Crippen MR) is 66.1 cm³/mol. The maximum absolute atomic E-state index is 10.6. The summed E-state index contributed by atoms with van der Waals surface area (Å²) in [5.74, 6) is 1.11. The maximum atomic E-state index is 10.6. The third-order valence-electron chi connectivity index (χ3n) is 2.11. The minimum atomic E-state index is -0.876. The van der Waals surface area contributed by atoms with Crippen molar-refractivity contribution in [3.63, 3.8) is 0 Å². The summed E-state index contributed by atoms with van der Waals surface area (Å²) < 4.78 is 4.96. The summed E-state index contributed by atoms with van der Waals surface area (Å²) in [5.41, 5.74) is 1.50. The van der Waals surface area contributed by atoms with Crippen LogP contribution in [0.4, 0.5) is 0 Å². The third-order valence-corrected chi connectivity index (χ3v) is 3.22. The molecule has 0 saturated carbocycles. The van der Waals surface area contributed by atoms with Gasteiger partial charge in [-0.1, -0.05) is 12.1 Å². The quantitative estimate of drug-likeness (QED) is 0.744. The molecule has 0 unspecified atom stereocenters. The SMILES string of the molecule is COCCCSCc1ccc(C(=O)O)cc1. The Kier molecular flexibility index (Phi) is 5.96. The van der Waals surface area contributed by atoms with Crippen LogP contribution < -0.4 is 0 Å². The Labute approximate surface area is 99.8 Å². The molecule has 0 atom stereocenters. The number of hydrogen-bond acceptors (Lipinski definition) is 3. The van der Waals surface area contributed by atoms with E-state index >= 15 is 0 Å². The van der Waals surface area contributed by atoms with Gasteiger partial charge in [0.25, 0.3) is 0 Å². The van der Waals surface area contributed by atoms with E-state index in [1.54, 1.807) is 19.2 Å². The summed E-state index contributed by atoms with van der Waals surface area (Å²) in [5, 5.41) is 8.73. The first-order chi connectivity index (χ1) is 7.74. The number of ether oxygens (including phenoxy) is 1. The number of methoxy groups -OCH3 is 1. The fourth-order valence-corrected chi connectivity index (χ4v) is 2.13. The molecule has 16 heavy (non-hydrogen) atoms. The molecule has 3 nitrogen and oxygen atoms in total. The lowest BCUT2D eigenvalue weighted by atomic mass is 10.1. The van der Waals surface area contributed by atoms with Gasteiger partial charge in [0.1, 0.15) is 0 Å². The Morgan fingerprint density at radius 3 is 2.62 bits per heavy atom. The van der Waals surface area contributed by atoms with Gasteiger partial charge < -0.3 is 9.84 Å². The summed E-state index contributed by atoms with van der Waals surface area (Å²) in [4.78, 5) is 10.6. The van der Waals surface area contributed by atoms with Gasteiger partial charge in [-0.05, 0) is 29.9 Å². The Bertz CT molecular complexity index is 322. The highest BCUT2D eigenvalue weighted by Crippen LogP contribution is 2.14.